The molecule has 0 radical (unpaired) electrons. The Bertz CT molecular complexity index is 1060. The predicted octanol–water partition coefficient (Wildman–Crippen LogP) is 3.53. The van der Waals surface area contributed by atoms with E-state index in [1.165, 1.54) is 23.2 Å². The van der Waals surface area contributed by atoms with Crippen molar-refractivity contribution in [2.75, 3.05) is 31.0 Å². The van der Waals surface area contributed by atoms with Crippen molar-refractivity contribution in [1.29, 1.82) is 0 Å². The molecule has 0 saturated heterocycles. The van der Waals surface area contributed by atoms with E-state index in [1.807, 2.05) is 0 Å². The lowest BCUT2D eigenvalue weighted by Crippen LogP contribution is -2.42. The van der Waals surface area contributed by atoms with Gasteiger partial charge in [0, 0.05) is 23.6 Å². The van der Waals surface area contributed by atoms with E-state index in [0.717, 1.165) is 15.6 Å². The number of nitrogens with zero attached hydrogens (tertiary/aromatic N) is 3. The quantitative estimate of drug-likeness (QED) is 0.483. The first-order valence-corrected chi connectivity index (χ1v) is 11.7. The molecule has 1 heterocycles. The van der Waals surface area contributed by atoms with Crippen LogP contribution in [0.5, 0.6) is 5.75 Å². The summed E-state index contributed by atoms with van der Waals surface area (Å²) in [6.07, 6.45) is 1.50. The molecule has 3 rings (SSSR count). The van der Waals surface area contributed by atoms with Crippen LogP contribution in [-0.4, -0.2) is 51.0 Å². The Balaban J connectivity index is 1.67. The number of carbonyl (C=O) groups is 1. The van der Waals surface area contributed by atoms with Crippen LogP contribution in [0.1, 0.15) is 0 Å². The van der Waals surface area contributed by atoms with Crippen molar-refractivity contribution in [2.24, 2.45) is 0 Å². The third-order valence-electron chi connectivity index (χ3n) is 4.18. The van der Waals surface area contributed by atoms with Crippen LogP contribution in [0.4, 0.5) is 5.13 Å². The molecule has 3 aromatic rings. The summed E-state index contributed by atoms with van der Waals surface area (Å²) < 4.78 is 32.8. The molecule has 0 N–H and O–H groups in total. The molecule has 2 aromatic carbocycles. The molecular formula is C20H20ClN3O4S2. The Morgan fingerprint density at radius 3 is 2.47 bits per heavy atom. The van der Waals surface area contributed by atoms with Gasteiger partial charge in [0.2, 0.25) is 5.91 Å². The van der Waals surface area contributed by atoms with E-state index in [9.17, 15) is 13.2 Å². The SMILES string of the molecule is CN(CCOc1ccc(Cl)cc1)C(=O)CN(c1nccs1)S(=O)(=O)c1ccccc1. The Morgan fingerprint density at radius 2 is 1.83 bits per heavy atom. The molecule has 0 aliphatic heterocycles. The van der Waals surface area contributed by atoms with Gasteiger partial charge in [-0.05, 0) is 36.4 Å². The van der Waals surface area contributed by atoms with E-state index in [2.05, 4.69) is 4.98 Å². The number of hydrogen-bond donors (Lipinski definition) is 0. The van der Waals surface area contributed by atoms with Gasteiger partial charge in [0.1, 0.15) is 18.9 Å². The molecule has 0 saturated carbocycles. The number of amides is 1. The van der Waals surface area contributed by atoms with Crippen LogP contribution >= 0.6 is 22.9 Å². The monoisotopic (exact) mass is 465 g/mol. The number of halogens is 1. The third-order valence-corrected chi connectivity index (χ3v) is 7.09. The molecule has 0 atom stereocenters. The molecule has 1 aromatic heterocycles. The van der Waals surface area contributed by atoms with Gasteiger partial charge in [-0.1, -0.05) is 29.8 Å². The van der Waals surface area contributed by atoms with Crippen LogP contribution in [0, 0.1) is 0 Å². The van der Waals surface area contributed by atoms with Gasteiger partial charge in [-0.25, -0.2) is 17.7 Å². The van der Waals surface area contributed by atoms with E-state index in [4.69, 9.17) is 16.3 Å². The third kappa shape index (κ3) is 5.50. The van der Waals surface area contributed by atoms with Crippen molar-refractivity contribution in [3.05, 3.63) is 71.2 Å². The molecule has 0 unspecified atom stereocenters. The highest BCUT2D eigenvalue weighted by Gasteiger charge is 2.29. The minimum Gasteiger partial charge on any atom is -0.492 e. The summed E-state index contributed by atoms with van der Waals surface area (Å²) in [5.74, 6) is 0.265. The number of carbonyl (C=O) groups excluding carboxylic acids is 1. The largest absolute Gasteiger partial charge is 0.492 e. The summed E-state index contributed by atoms with van der Waals surface area (Å²) in [6.45, 7) is 0.188. The van der Waals surface area contributed by atoms with Crippen LogP contribution in [-0.2, 0) is 14.8 Å². The summed E-state index contributed by atoms with van der Waals surface area (Å²) in [5.41, 5.74) is 0. The van der Waals surface area contributed by atoms with Crippen molar-refractivity contribution in [2.45, 2.75) is 4.90 Å². The highest BCUT2D eigenvalue weighted by atomic mass is 35.5. The zero-order chi connectivity index (χ0) is 21.6. The second-order valence-corrected chi connectivity index (χ2v) is 9.43. The van der Waals surface area contributed by atoms with Crippen molar-refractivity contribution >= 4 is 44.0 Å². The maximum absolute atomic E-state index is 13.1. The van der Waals surface area contributed by atoms with Gasteiger partial charge in [-0.2, -0.15) is 0 Å². The number of rotatable bonds is 9. The molecule has 0 spiro atoms. The zero-order valence-electron chi connectivity index (χ0n) is 16.1. The predicted molar refractivity (Wildman–Crippen MR) is 118 cm³/mol. The number of thiazole rings is 1. The van der Waals surface area contributed by atoms with E-state index < -0.39 is 10.0 Å². The van der Waals surface area contributed by atoms with Crippen LogP contribution in [0.3, 0.4) is 0 Å². The zero-order valence-corrected chi connectivity index (χ0v) is 18.5. The Morgan fingerprint density at radius 1 is 1.13 bits per heavy atom. The molecule has 0 aliphatic carbocycles. The van der Waals surface area contributed by atoms with Crippen LogP contribution < -0.4 is 9.04 Å². The maximum atomic E-state index is 13.1. The Labute approximate surface area is 184 Å². The summed E-state index contributed by atoms with van der Waals surface area (Å²) in [7, 11) is -2.33. The van der Waals surface area contributed by atoms with E-state index in [0.29, 0.717) is 17.3 Å². The molecule has 158 valence electrons. The smallest absolute Gasteiger partial charge is 0.266 e. The van der Waals surface area contributed by atoms with Crippen LogP contribution in [0.15, 0.2) is 71.1 Å². The number of likely N-dealkylation sites (N-methyl/N-ethyl adjacent to an activating group) is 1. The number of aromatic nitrogens is 1. The molecule has 0 bridgehead atoms. The van der Waals surface area contributed by atoms with Gasteiger partial charge in [0.25, 0.3) is 10.0 Å². The van der Waals surface area contributed by atoms with Crippen LogP contribution in [0.25, 0.3) is 0 Å². The van der Waals surface area contributed by atoms with Gasteiger partial charge in [0.15, 0.2) is 5.13 Å². The Hall–Kier alpha value is -2.62. The second kappa shape index (κ2) is 9.92. The lowest BCUT2D eigenvalue weighted by molar-refractivity contribution is -0.128. The fourth-order valence-corrected chi connectivity index (χ4v) is 4.90. The first kappa shape index (κ1) is 22.1. The van der Waals surface area contributed by atoms with Gasteiger partial charge < -0.3 is 9.64 Å². The second-order valence-electron chi connectivity index (χ2n) is 6.26. The molecule has 7 nitrogen and oxygen atoms in total. The normalized spacial score (nSPS) is 11.1. The number of sulfonamides is 1. The lowest BCUT2D eigenvalue weighted by Gasteiger charge is -2.24. The first-order valence-electron chi connectivity index (χ1n) is 8.97. The fraction of sp³-hybridized carbons (Fsp3) is 0.200. The van der Waals surface area contributed by atoms with E-state index in [1.54, 1.807) is 54.9 Å². The lowest BCUT2D eigenvalue weighted by atomic mass is 10.3. The standard InChI is InChI=1S/C20H20ClN3O4S2/c1-23(12-13-28-17-9-7-16(21)8-10-17)19(25)15-24(20-22-11-14-29-20)30(26,27)18-5-3-2-4-6-18/h2-11,14H,12-13,15H2,1H3. The molecule has 0 aliphatic rings. The van der Waals surface area contributed by atoms with E-state index >= 15 is 0 Å². The molecular weight excluding hydrogens is 446 g/mol. The first-order chi connectivity index (χ1) is 14.4. The fourth-order valence-electron chi connectivity index (χ4n) is 2.51. The molecule has 30 heavy (non-hydrogen) atoms. The average Bonchev–Trinajstić information content (AvgIpc) is 3.28. The summed E-state index contributed by atoms with van der Waals surface area (Å²) >= 11 is 7.00. The summed E-state index contributed by atoms with van der Waals surface area (Å²) in [6, 6.07) is 14.9. The number of hydrogen-bond acceptors (Lipinski definition) is 6. The van der Waals surface area contributed by atoms with Gasteiger partial charge >= 0.3 is 0 Å². The average molecular weight is 466 g/mol. The summed E-state index contributed by atoms with van der Waals surface area (Å²) in [5, 5.41) is 2.51. The van der Waals surface area contributed by atoms with Crippen LogP contribution in [0.2, 0.25) is 5.02 Å². The van der Waals surface area contributed by atoms with E-state index in [-0.39, 0.29) is 29.1 Å². The number of ether oxygens (including phenoxy) is 1. The summed E-state index contributed by atoms with van der Waals surface area (Å²) in [4.78, 5) is 18.4. The molecule has 10 heteroatoms. The minimum atomic E-state index is -3.93. The Kier molecular flexibility index (Phi) is 7.30. The highest BCUT2D eigenvalue weighted by molar-refractivity contribution is 7.93. The van der Waals surface area contributed by atoms with Crippen molar-refractivity contribution < 1.29 is 17.9 Å². The molecule has 0 fully saturated rings. The van der Waals surface area contributed by atoms with Crippen molar-refractivity contribution in [3.63, 3.8) is 0 Å². The van der Waals surface area contributed by atoms with Crippen molar-refractivity contribution in [3.8, 4) is 5.75 Å². The van der Waals surface area contributed by atoms with Gasteiger partial charge in [-0.15, -0.1) is 11.3 Å². The topological polar surface area (TPSA) is 79.8 Å². The van der Waals surface area contributed by atoms with Gasteiger partial charge in [0.05, 0.1) is 11.4 Å². The highest BCUT2D eigenvalue weighted by Crippen LogP contribution is 2.25. The van der Waals surface area contributed by atoms with Gasteiger partial charge in [-0.3, -0.25) is 4.79 Å². The minimum absolute atomic E-state index is 0.0988. The number of benzene rings is 2. The maximum Gasteiger partial charge on any atom is 0.266 e. The number of anilines is 1. The van der Waals surface area contributed by atoms with Crippen molar-refractivity contribution in [1.82, 2.24) is 9.88 Å². The molecule has 1 amide bonds.